The molecule has 1 N–H and O–H groups in total. The normalized spacial score (nSPS) is 19.4. The minimum absolute atomic E-state index is 0.0150. The maximum atomic E-state index is 13.3. The van der Waals surface area contributed by atoms with Gasteiger partial charge in [-0.15, -0.1) is 0 Å². The van der Waals surface area contributed by atoms with Crippen molar-refractivity contribution in [3.8, 4) is 0 Å². The maximum Gasteiger partial charge on any atom is 0.308 e. The van der Waals surface area contributed by atoms with Crippen molar-refractivity contribution in [1.82, 2.24) is 0 Å². The Morgan fingerprint density at radius 1 is 1.44 bits per heavy atom. The molecular weight excluding hydrogens is 312 g/mol. The molecule has 1 aromatic carbocycles. The van der Waals surface area contributed by atoms with Crippen LogP contribution in [0.5, 0.6) is 0 Å². The number of carbonyl (C=O) groups is 2. The molecule has 1 aliphatic heterocycles. The molecule has 1 amide bonds. The average Bonchev–Trinajstić information content (AvgIpc) is 2.66. The summed E-state index contributed by atoms with van der Waals surface area (Å²) in [5, 5.41) is 8.84. The van der Waals surface area contributed by atoms with Crippen LogP contribution in [-0.4, -0.2) is 23.5 Å². The van der Waals surface area contributed by atoms with E-state index in [4.69, 9.17) is 5.11 Å². The number of carboxylic acids is 1. The van der Waals surface area contributed by atoms with Crippen LogP contribution in [0, 0.1) is 17.6 Å². The maximum absolute atomic E-state index is 13.3. The summed E-state index contributed by atoms with van der Waals surface area (Å²) in [5.74, 6) is -4.07. The third-order valence-electron chi connectivity index (χ3n) is 2.74. The number of halogens is 3. The quantitative estimate of drug-likeness (QED) is 0.850. The van der Waals surface area contributed by atoms with Crippen LogP contribution in [0.3, 0.4) is 0 Å². The first kappa shape index (κ1) is 12.9. The molecule has 0 radical (unpaired) electrons. The average molecular weight is 320 g/mol. The van der Waals surface area contributed by atoms with Gasteiger partial charge in [-0.3, -0.25) is 9.59 Å². The van der Waals surface area contributed by atoms with Crippen LogP contribution in [-0.2, 0) is 9.59 Å². The number of anilines is 1. The Labute approximate surface area is 109 Å². The lowest BCUT2D eigenvalue weighted by Crippen LogP contribution is -2.26. The topological polar surface area (TPSA) is 57.6 Å². The number of carboxylic acid groups (broad SMARTS) is 1. The Kier molecular flexibility index (Phi) is 3.34. The zero-order valence-corrected chi connectivity index (χ0v) is 10.6. The number of rotatable bonds is 2. The van der Waals surface area contributed by atoms with Gasteiger partial charge in [0.05, 0.1) is 16.1 Å². The SMILES string of the molecule is O=C(O)C1CC(=O)N(c2cc(F)cc(F)c2Br)C1. The molecule has 2 rings (SSSR count). The molecule has 1 aromatic rings. The Morgan fingerprint density at radius 2 is 2.11 bits per heavy atom. The van der Waals surface area contributed by atoms with E-state index in [1.54, 1.807) is 0 Å². The monoisotopic (exact) mass is 319 g/mol. The molecule has 1 atom stereocenters. The largest absolute Gasteiger partial charge is 0.481 e. The molecule has 18 heavy (non-hydrogen) atoms. The first-order valence-electron chi connectivity index (χ1n) is 5.08. The van der Waals surface area contributed by atoms with Gasteiger partial charge in [0.2, 0.25) is 5.91 Å². The van der Waals surface area contributed by atoms with Gasteiger partial charge in [0.25, 0.3) is 0 Å². The van der Waals surface area contributed by atoms with Crippen LogP contribution in [0.1, 0.15) is 6.42 Å². The highest BCUT2D eigenvalue weighted by Gasteiger charge is 2.36. The Morgan fingerprint density at radius 3 is 2.67 bits per heavy atom. The molecule has 96 valence electrons. The van der Waals surface area contributed by atoms with Crippen molar-refractivity contribution in [1.29, 1.82) is 0 Å². The highest BCUT2D eigenvalue weighted by Crippen LogP contribution is 2.34. The molecular formula is C11H8BrF2NO3. The van der Waals surface area contributed by atoms with Crippen molar-refractivity contribution >= 4 is 33.5 Å². The summed E-state index contributed by atoms with van der Waals surface area (Å²) in [4.78, 5) is 23.5. The van der Waals surface area contributed by atoms with Gasteiger partial charge in [0.1, 0.15) is 11.6 Å². The summed E-state index contributed by atoms with van der Waals surface area (Å²) < 4.78 is 26.4. The van der Waals surface area contributed by atoms with Crippen molar-refractivity contribution in [2.75, 3.05) is 11.4 Å². The van der Waals surface area contributed by atoms with E-state index >= 15 is 0 Å². The molecule has 0 saturated carbocycles. The first-order valence-corrected chi connectivity index (χ1v) is 5.87. The Bertz CT molecular complexity index is 535. The second-order valence-corrected chi connectivity index (χ2v) is 4.76. The molecule has 0 bridgehead atoms. The van der Waals surface area contributed by atoms with Crippen LogP contribution in [0.25, 0.3) is 0 Å². The van der Waals surface area contributed by atoms with Gasteiger partial charge in [-0.25, -0.2) is 8.78 Å². The van der Waals surface area contributed by atoms with Gasteiger partial charge < -0.3 is 10.0 Å². The molecule has 0 aliphatic carbocycles. The molecule has 0 aromatic heterocycles. The van der Waals surface area contributed by atoms with Crippen molar-refractivity contribution in [3.05, 3.63) is 28.2 Å². The Hall–Kier alpha value is -1.50. The molecule has 1 fully saturated rings. The number of hydrogen-bond donors (Lipinski definition) is 1. The zero-order chi connectivity index (χ0) is 13.4. The number of hydrogen-bond acceptors (Lipinski definition) is 2. The zero-order valence-electron chi connectivity index (χ0n) is 8.99. The van der Waals surface area contributed by atoms with Crippen LogP contribution in [0.4, 0.5) is 14.5 Å². The number of amides is 1. The standard InChI is InChI=1S/C11H8BrF2NO3/c12-10-7(14)2-6(13)3-8(10)15-4-5(11(17)18)1-9(15)16/h2-3,5H,1,4H2,(H,17,18). The predicted octanol–water partition coefficient (Wildman–Crippen LogP) is 2.16. The lowest BCUT2D eigenvalue weighted by Gasteiger charge is -2.18. The van der Waals surface area contributed by atoms with Crippen molar-refractivity contribution in [2.45, 2.75) is 6.42 Å². The fraction of sp³-hybridized carbons (Fsp3) is 0.273. The molecule has 4 nitrogen and oxygen atoms in total. The smallest absolute Gasteiger partial charge is 0.308 e. The fourth-order valence-corrected chi connectivity index (χ4v) is 2.29. The van der Waals surface area contributed by atoms with Gasteiger partial charge in [-0.1, -0.05) is 0 Å². The van der Waals surface area contributed by atoms with E-state index in [2.05, 4.69) is 15.9 Å². The molecule has 1 aliphatic rings. The van der Waals surface area contributed by atoms with Crippen LogP contribution in [0.15, 0.2) is 16.6 Å². The molecule has 1 unspecified atom stereocenters. The van der Waals surface area contributed by atoms with E-state index < -0.39 is 29.4 Å². The number of benzene rings is 1. The summed E-state index contributed by atoms with van der Waals surface area (Å²) in [6.07, 6.45) is -0.167. The molecule has 1 heterocycles. The van der Waals surface area contributed by atoms with Gasteiger partial charge in [0, 0.05) is 19.0 Å². The lowest BCUT2D eigenvalue weighted by molar-refractivity contribution is -0.141. The van der Waals surface area contributed by atoms with Crippen LogP contribution in [0.2, 0.25) is 0 Å². The summed E-state index contributed by atoms with van der Waals surface area (Å²) in [7, 11) is 0. The van der Waals surface area contributed by atoms with Gasteiger partial charge >= 0.3 is 5.97 Å². The second-order valence-electron chi connectivity index (χ2n) is 3.96. The summed E-state index contributed by atoms with van der Waals surface area (Å²) >= 11 is 2.93. The van der Waals surface area contributed by atoms with E-state index in [0.29, 0.717) is 6.07 Å². The van der Waals surface area contributed by atoms with Gasteiger partial charge in [-0.05, 0) is 22.0 Å². The van der Waals surface area contributed by atoms with E-state index in [1.807, 2.05) is 0 Å². The molecule has 0 spiro atoms. The second kappa shape index (κ2) is 4.64. The van der Waals surface area contributed by atoms with Gasteiger partial charge in [-0.2, -0.15) is 0 Å². The minimum Gasteiger partial charge on any atom is -0.481 e. The Balaban J connectivity index is 2.38. The van der Waals surface area contributed by atoms with E-state index in [0.717, 1.165) is 11.0 Å². The summed E-state index contributed by atoms with van der Waals surface area (Å²) in [6, 6.07) is 1.68. The third-order valence-corrected chi connectivity index (χ3v) is 3.52. The van der Waals surface area contributed by atoms with Crippen LogP contribution >= 0.6 is 15.9 Å². The first-order chi connectivity index (χ1) is 8.40. The van der Waals surface area contributed by atoms with Crippen molar-refractivity contribution in [2.24, 2.45) is 5.92 Å². The summed E-state index contributed by atoms with van der Waals surface area (Å²) in [6.45, 7) is -0.0876. The minimum atomic E-state index is -1.10. The van der Waals surface area contributed by atoms with E-state index in [-0.39, 0.29) is 23.1 Å². The molecule has 1 saturated heterocycles. The third kappa shape index (κ3) is 2.22. The number of nitrogens with zero attached hydrogens (tertiary/aromatic N) is 1. The number of aliphatic carboxylic acids is 1. The van der Waals surface area contributed by atoms with Gasteiger partial charge in [0.15, 0.2) is 0 Å². The highest BCUT2D eigenvalue weighted by molar-refractivity contribution is 9.10. The fourth-order valence-electron chi connectivity index (χ4n) is 1.84. The van der Waals surface area contributed by atoms with Crippen molar-refractivity contribution in [3.63, 3.8) is 0 Å². The van der Waals surface area contributed by atoms with Crippen molar-refractivity contribution < 1.29 is 23.5 Å². The lowest BCUT2D eigenvalue weighted by atomic mass is 10.1. The number of carbonyl (C=O) groups excluding carboxylic acids is 1. The predicted molar refractivity (Wildman–Crippen MR) is 62.2 cm³/mol. The van der Waals surface area contributed by atoms with E-state index in [9.17, 15) is 18.4 Å². The molecule has 7 heteroatoms. The summed E-state index contributed by atoms with van der Waals surface area (Å²) in [5.41, 5.74) is 0.0150. The van der Waals surface area contributed by atoms with Crippen LogP contribution < -0.4 is 4.90 Å². The van der Waals surface area contributed by atoms with E-state index in [1.165, 1.54) is 0 Å². The highest BCUT2D eigenvalue weighted by atomic mass is 79.9.